The van der Waals surface area contributed by atoms with Gasteiger partial charge in [-0.1, -0.05) is 11.6 Å². The topological polar surface area (TPSA) is 72.9 Å². The molecule has 1 aromatic carbocycles. The molecule has 0 spiro atoms. The van der Waals surface area contributed by atoms with Crippen molar-refractivity contribution >= 4 is 28.9 Å². The van der Waals surface area contributed by atoms with Crippen molar-refractivity contribution in [3.63, 3.8) is 0 Å². The minimum absolute atomic E-state index is 0.192. The van der Waals surface area contributed by atoms with Gasteiger partial charge in [-0.2, -0.15) is 5.10 Å². The first kappa shape index (κ1) is 15.3. The van der Waals surface area contributed by atoms with Crippen molar-refractivity contribution in [3.8, 4) is 0 Å². The van der Waals surface area contributed by atoms with Gasteiger partial charge in [-0.15, -0.1) is 0 Å². The molecule has 0 saturated carbocycles. The van der Waals surface area contributed by atoms with E-state index in [1.54, 1.807) is 4.68 Å². The summed E-state index contributed by atoms with van der Waals surface area (Å²) >= 11 is 6.04. The van der Waals surface area contributed by atoms with Crippen molar-refractivity contribution in [3.05, 3.63) is 40.4 Å². The molecule has 1 amide bonds. The van der Waals surface area contributed by atoms with E-state index in [1.807, 2.05) is 13.8 Å². The normalized spacial score (nSPS) is 10.7. The smallest absolute Gasteiger partial charge is 0.226 e. The zero-order chi connectivity index (χ0) is 15.6. The Labute approximate surface area is 126 Å². The van der Waals surface area contributed by atoms with Crippen LogP contribution in [-0.2, 0) is 11.3 Å². The van der Waals surface area contributed by atoms with E-state index in [9.17, 15) is 9.18 Å². The maximum absolute atomic E-state index is 12.9. The second-order valence-corrected chi connectivity index (χ2v) is 5.12. The largest absolute Gasteiger partial charge is 0.397 e. The molecule has 0 aliphatic rings. The molecule has 0 saturated heterocycles. The summed E-state index contributed by atoms with van der Waals surface area (Å²) in [6.07, 6.45) is 0.217. The third kappa shape index (κ3) is 3.52. The Bertz CT molecular complexity index is 684. The predicted molar refractivity (Wildman–Crippen MR) is 80.8 cm³/mol. The van der Waals surface area contributed by atoms with Crippen molar-refractivity contribution in [1.29, 1.82) is 0 Å². The van der Waals surface area contributed by atoms with Gasteiger partial charge in [0.25, 0.3) is 0 Å². The molecule has 0 fully saturated rings. The SMILES string of the molecule is Cc1nn(CCC(=O)Nc2ccc(F)cc2N)c(C)c1Cl. The summed E-state index contributed by atoms with van der Waals surface area (Å²) in [6.45, 7) is 4.07. The molecule has 2 rings (SSSR count). The minimum Gasteiger partial charge on any atom is -0.397 e. The number of nitrogens with one attached hydrogen (secondary N) is 1. The fourth-order valence-electron chi connectivity index (χ4n) is 1.96. The molecular formula is C14H16ClFN4O. The van der Waals surface area contributed by atoms with E-state index in [2.05, 4.69) is 10.4 Å². The molecule has 1 aromatic heterocycles. The standard InChI is InChI=1S/C14H16ClFN4O/c1-8-14(15)9(2)20(19-8)6-5-13(21)18-12-4-3-10(16)7-11(12)17/h3-4,7H,5-6,17H2,1-2H3,(H,18,21). The maximum atomic E-state index is 12.9. The summed E-state index contributed by atoms with van der Waals surface area (Å²) in [4.78, 5) is 11.9. The Morgan fingerprint density at radius 3 is 2.76 bits per heavy atom. The highest BCUT2D eigenvalue weighted by atomic mass is 35.5. The van der Waals surface area contributed by atoms with Gasteiger partial charge in [-0.25, -0.2) is 4.39 Å². The van der Waals surface area contributed by atoms with Crippen molar-refractivity contribution in [2.24, 2.45) is 0 Å². The van der Waals surface area contributed by atoms with Gasteiger partial charge in [-0.3, -0.25) is 9.48 Å². The molecule has 0 atom stereocenters. The summed E-state index contributed by atoms with van der Waals surface area (Å²) in [5.74, 6) is -0.667. The molecule has 21 heavy (non-hydrogen) atoms. The molecule has 0 aliphatic heterocycles. The van der Waals surface area contributed by atoms with Gasteiger partial charge in [-0.05, 0) is 32.0 Å². The molecule has 1 heterocycles. The summed E-state index contributed by atoms with van der Waals surface area (Å²) in [5.41, 5.74) is 7.78. The number of nitrogen functional groups attached to an aromatic ring is 1. The van der Waals surface area contributed by atoms with Crippen LogP contribution >= 0.6 is 11.6 Å². The van der Waals surface area contributed by atoms with Gasteiger partial charge in [0.15, 0.2) is 0 Å². The van der Waals surface area contributed by atoms with Crippen LogP contribution in [0.3, 0.4) is 0 Å². The summed E-state index contributed by atoms with van der Waals surface area (Å²) in [5, 5.41) is 7.50. The van der Waals surface area contributed by atoms with Crippen LogP contribution in [0.5, 0.6) is 0 Å². The fourth-order valence-corrected chi connectivity index (χ4v) is 2.10. The summed E-state index contributed by atoms with van der Waals surface area (Å²) in [6, 6.07) is 3.84. The van der Waals surface area contributed by atoms with E-state index in [4.69, 9.17) is 17.3 Å². The van der Waals surface area contributed by atoms with Gasteiger partial charge in [0.1, 0.15) is 5.82 Å². The van der Waals surface area contributed by atoms with Crippen LogP contribution < -0.4 is 11.1 Å². The average molecular weight is 311 g/mol. The number of hydrogen-bond donors (Lipinski definition) is 2. The van der Waals surface area contributed by atoms with Crippen LogP contribution in [0.4, 0.5) is 15.8 Å². The molecular weight excluding hydrogens is 295 g/mol. The Kier molecular flexibility index (Phi) is 4.47. The van der Waals surface area contributed by atoms with E-state index in [0.717, 1.165) is 17.5 Å². The first-order valence-electron chi connectivity index (χ1n) is 6.43. The van der Waals surface area contributed by atoms with E-state index >= 15 is 0 Å². The Balaban J connectivity index is 1.97. The van der Waals surface area contributed by atoms with Gasteiger partial charge >= 0.3 is 0 Å². The fraction of sp³-hybridized carbons (Fsp3) is 0.286. The zero-order valence-corrected chi connectivity index (χ0v) is 12.5. The van der Waals surface area contributed by atoms with Crippen LogP contribution in [-0.4, -0.2) is 15.7 Å². The quantitative estimate of drug-likeness (QED) is 0.853. The molecule has 0 radical (unpaired) electrons. The van der Waals surface area contributed by atoms with Gasteiger partial charge < -0.3 is 11.1 Å². The van der Waals surface area contributed by atoms with Gasteiger partial charge in [0.2, 0.25) is 5.91 Å². The van der Waals surface area contributed by atoms with E-state index in [0.29, 0.717) is 17.3 Å². The van der Waals surface area contributed by atoms with E-state index in [-0.39, 0.29) is 18.0 Å². The number of carbonyl (C=O) groups excluding carboxylic acids is 1. The maximum Gasteiger partial charge on any atom is 0.226 e. The first-order chi connectivity index (χ1) is 9.88. The lowest BCUT2D eigenvalue weighted by Crippen LogP contribution is -2.16. The number of benzene rings is 1. The second-order valence-electron chi connectivity index (χ2n) is 4.74. The second kappa shape index (κ2) is 6.13. The molecule has 0 aliphatic carbocycles. The van der Waals surface area contributed by atoms with E-state index in [1.165, 1.54) is 12.1 Å². The number of nitrogens with two attached hydrogens (primary N) is 1. The number of nitrogens with zero attached hydrogens (tertiary/aromatic N) is 2. The van der Waals surface area contributed by atoms with Crippen LogP contribution in [0.1, 0.15) is 17.8 Å². The highest BCUT2D eigenvalue weighted by Crippen LogP contribution is 2.20. The number of rotatable bonds is 4. The highest BCUT2D eigenvalue weighted by molar-refractivity contribution is 6.31. The molecule has 2 aromatic rings. The molecule has 0 bridgehead atoms. The molecule has 5 nitrogen and oxygen atoms in total. The molecule has 7 heteroatoms. The van der Waals surface area contributed by atoms with Gasteiger partial charge in [0, 0.05) is 6.42 Å². The number of hydrogen-bond acceptors (Lipinski definition) is 3. The first-order valence-corrected chi connectivity index (χ1v) is 6.80. The van der Waals surface area contributed by atoms with Crippen LogP contribution in [0.15, 0.2) is 18.2 Å². The Morgan fingerprint density at radius 1 is 1.48 bits per heavy atom. The summed E-state index contributed by atoms with van der Waals surface area (Å²) in [7, 11) is 0. The number of aromatic nitrogens is 2. The minimum atomic E-state index is -0.442. The Hall–Kier alpha value is -2.08. The lowest BCUT2D eigenvalue weighted by atomic mass is 10.2. The summed E-state index contributed by atoms with van der Waals surface area (Å²) < 4.78 is 14.6. The number of amides is 1. The zero-order valence-electron chi connectivity index (χ0n) is 11.8. The monoisotopic (exact) mass is 310 g/mol. The number of halogens is 2. The number of carbonyl (C=O) groups is 1. The third-order valence-electron chi connectivity index (χ3n) is 3.13. The molecule has 112 valence electrons. The van der Waals surface area contributed by atoms with Gasteiger partial charge in [0.05, 0.1) is 34.3 Å². The predicted octanol–water partition coefficient (Wildman–Crippen LogP) is 2.90. The average Bonchev–Trinajstić information content (AvgIpc) is 2.67. The number of anilines is 2. The highest BCUT2D eigenvalue weighted by Gasteiger charge is 2.11. The van der Waals surface area contributed by atoms with Crippen molar-refractivity contribution in [2.75, 3.05) is 11.1 Å². The third-order valence-corrected chi connectivity index (χ3v) is 3.68. The van der Waals surface area contributed by atoms with Crippen LogP contribution in [0, 0.1) is 19.7 Å². The van der Waals surface area contributed by atoms with Crippen molar-refractivity contribution in [2.45, 2.75) is 26.8 Å². The van der Waals surface area contributed by atoms with E-state index < -0.39 is 5.82 Å². The van der Waals surface area contributed by atoms with Crippen LogP contribution in [0.25, 0.3) is 0 Å². The molecule has 3 N–H and O–H groups in total. The number of aryl methyl sites for hydroxylation is 2. The van der Waals surface area contributed by atoms with Crippen molar-refractivity contribution in [1.82, 2.24) is 9.78 Å². The lowest BCUT2D eigenvalue weighted by molar-refractivity contribution is -0.116. The Morgan fingerprint density at radius 2 is 2.19 bits per heavy atom. The van der Waals surface area contributed by atoms with Crippen molar-refractivity contribution < 1.29 is 9.18 Å². The molecule has 0 unspecified atom stereocenters. The lowest BCUT2D eigenvalue weighted by Gasteiger charge is -2.09. The van der Waals surface area contributed by atoms with Crippen LogP contribution in [0.2, 0.25) is 5.02 Å².